The number of aliphatic hydroxyl groups is 1. The molecular formula is C31H40N2O6. The minimum atomic E-state index is -0.777. The second-order valence-electron chi connectivity index (χ2n) is 9.07. The number of amides is 1. The summed E-state index contributed by atoms with van der Waals surface area (Å²) < 4.78 is 17.1. The number of rotatable bonds is 15. The fourth-order valence-corrected chi connectivity index (χ4v) is 4.72. The van der Waals surface area contributed by atoms with Gasteiger partial charge in [0, 0.05) is 12.1 Å². The fraction of sp³-hybridized carbons (Fsp3) is 0.419. The average molecular weight is 537 g/mol. The van der Waals surface area contributed by atoms with Gasteiger partial charge in [0.05, 0.1) is 24.8 Å². The number of likely N-dealkylation sites (tertiary alicyclic amines) is 1. The van der Waals surface area contributed by atoms with Gasteiger partial charge in [-0.25, -0.2) is 0 Å². The Bertz CT molecular complexity index is 1170. The standard InChI is InChI=1S/C31H40N2O6/c1-6-20-39-25-17-14-23(21-26(25)38-10-5)28-27(29(34)22-12-15-24(16-13-22)37-9-4)30(35)31(36)33(28)19-11-18-32(7-2)8-3/h6,12-17,21,28,34H,1,7-11,18-20H2,2-5H3/b29-27+. The van der Waals surface area contributed by atoms with Crippen LogP contribution in [0.3, 0.4) is 0 Å². The highest BCUT2D eigenvalue weighted by Gasteiger charge is 2.46. The van der Waals surface area contributed by atoms with E-state index in [1.54, 1.807) is 53.4 Å². The van der Waals surface area contributed by atoms with Crippen molar-refractivity contribution in [2.24, 2.45) is 0 Å². The molecule has 1 heterocycles. The lowest BCUT2D eigenvalue weighted by molar-refractivity contribution is -0.140. The van der Waals surface area contributed by atoms with Crippen molar-refractivity contribution >= 4 is 17.4 Å². The van der Waals surface area contributed by atoms with Crippen molar-refractivity contribution in [2.75, 3.05) is 46.0 Å². The summed E-state index contributed by atoms with van der Waals surface area (Å²) in [6.07, 6.45) is 2.33. The Morgan fingerprint density at radius 3 is 2.28 bits per heavy atom. The highest BCUT2D eigenvalue weighted by Crippen LogP contribution is 2.42. The van der Waals surface area contributed by atoms with E-state index in [9.17, 15) is 14.7 Å². The highest BCUT2D eigenvalue weighted by atomic mass is 16.5. The Balaban J connectivity index is 2.08. The van der Waals surface area contributed by atoms with Crippen LogP contribution in [-0.2, 0) is 9.59 Å². The van der Waals surface area contributed by atoms with Crippen LogP contribution in [0.1, 0.15) is 51.3 Å². The zero-order valence-corrected chi connectivity index (χ0v) is 23.4. The average Bonchev–Trinajstić information content (AvgIpc) is 3.20. The number of aliphatic hydroxyl groups excluding tert-OH is 1. The van der Waals surface area contributed by atoms with Gasteiger partial charge in [-0.3, -0.25) is 9.59 Å². The number of ether oxygens (including phenoxy) is 3. The molecule has 1 aliphatic rings. The van der Waals surface area contributed by atoms with Crippen LogP contribution in [-0.4, -0.2) is 72.6 Å². The van der Waals surface area contributed by atoms with Gasteiger partial charge in [-0.1, -0.05) is 32.6 Å². The van der Waals surface area contributed by atoms with Crippen molar-refractivity contribution in [3.05, 3.63) is 71.8 Å². The molecule has 0 aromatic heterocycles. The van der Waals surface area contributed by atoms with Crippen LogP contribution in [0, 0.1) is 0 Å². The largest absolute Gasteiger partial charge is 0.507 e. The monoisotopic (exact) mass is 536 g/mol. The molecule has 1 atom stereocenters. The van der Waals surface area contributed by atoms with Gasteiger partial charge in [0.25, 0.3) is 11.7 Å². The number of carbonyl (C=O) groups excluding carboxylic acids is 2. The smallest absolute Gasteiger partial charge is 0.295 e. The molecule has 0 aliphatic carbocycles. The topological polar surface area (TPSA) is 88.5 Å². The lowest BCUT2D eigenvalue weighted by Crippen LogP contribution is -2.33. The van der Waals surface area contributed by atoms with E-state index >= 15 is 0 Å². The van der Waals surface area contributed by atoms with Crippen LogP contribution in [0.15, 0.2) is 60.7 Å². The molecule has 1 fully saturated rings. The van der Waals surface area contributed by atoms with Gasteiger partial charge in [-0.05, 0) is 81.9 Å². The third kappa shape index (κ3) is 7.00. The molecule has 1 aliphatic heterocycles. The van der Waals surface area contributed by atoms with Crippen molar-refractivity contribution in [3.63, 3.8) is 0 Å². The van der Waals surface area contributed by atoms with Crippen LogP contribution >= 0.6 is 0 Å². The molecule has 0 radical (unpaired) electrons. The Kier molecular flexibility index (Phi) is 11.0. The van der Waals surface area contributed by atoms with Gasteiger partial charge in [-0.2, -0.15) is 0 Å². The normalized spacial score (nSPS) is 16.5. The molecule has 0 bridgehead atoms. The molecule has 2 aromatic rings. The third-order valence-corrected chi connectivity index (χ3v) is 6.69. The van der Waals surface area contributed by atoms with E-state index < -0.39 is 17.7 Å². The zero-order valence-electron chi connectivity index (χ0n) is 23.4. The first-order valence-corrected chi connectivity index (χ1v) is 13.6. The Morgan fingerprint density at radius 2 is 1.67 bits per heavy atom. The molecule has 2 aromatic carbocycles. The molecular weight excluding hydrogens is 496 g/mol. The zero-order chi connectivity index (χ0) is 28.4. The molecule has 8 nitrogen and oxygen atoms in total. The molecule has 1 amide bonds. The van der Waals surface area contributed by atoms with Crippen molar-refractivity contribution in [1.82, 2.24) is 9.80 Å². The van der Waals surface area contributed by atoms with Gasteiger partial charge < -0.3 is 29.1 Å². The number of ketones is 1. The number of hydrogen-bond acceptors (Lipinski definition) is 7. The maximum absolute atomic E-state index is 13.4. The molecule has 1 saturated heterocycles. The maximum atomic E-state index is 13.4. The fourth-order valence-electron chi connectivity index (χ4n) is 4.72. The summed E-state index contributed by atoms with van der Waals surface area (Å²) in [4.78, 5) is 30.6. The first kappa shape index (κ1) is 29.8. The quantitative estimate of drug-likeness (QED) is 0.145. The number of nitrogens with zero attached hydrogens (tertiary/aromatic N) is 2. The highest BCUT2D eigenvalue weighted by molar-refractivity contribution is 6.46. The van der Waals surface area contributed by atoms with Gasteiger partial charge in [0.2, 0.25) is 0 Å². The van der Waals surface area contributed by atoms with Crippen LogP contribution in [0.25, 0.3) is 5.76 Å². The van der Waals surface area contributed by atoms with Crippen LogP contribution < -0.4 is 14.2 Å². The number of benzene rings is 2. The van der Waals surface area contributed by atoms with Gasteiger partial charge in [0.15, 0.2) is 11.5 Å². The van der Waals surface area contributed by atoms with Crippen LogP contribution in [0.5, 0.6) is 17.2 Å². The second-order valence-corrected chi connectivity index (χ2v) is 9.07. The molecule has 8 heteroatoms. The van der Waals surface area contributed by atoms with E-state index in [0.717, 1.165) is 19.6 Å². The van der Waals surface area contributed by atoms with Gasteiger partial charge >= 0.3 is 0 Å². The lowest BCUT2D eigenvalue weighted by Gasteiger charge is -2.27. The van der Waals surface area contributed by atoms with Crippen molar-refractivity contribution in [3.8, 4) is 17.2 Å². The summed E-state index contributed by atoms with van der Waals surface area (Å²) in [6, 6.07) is 11.4. The minimum absolute atomic E-state index is 0.0502. The van der Waals surface area contributed by atoms with Crippen molar-refractivity contribution in [1.29, 1.82) is 0 Å². The van der Waals surface area contributed by atoms with Crippen molar-refractivity contribution < 1.29 is 28.9 Å². The summed E-state index contributed by atoms with van der Waals surface area (Å²) >= 11 is 0. The third-order valence-electron chi connectivity index (χ3n) is 6.69. The van der Waals surface area contributed by atoms with E-state index in [2.05, 4.69) is 25.3 Å². The molecule has 0 saturated carbocycles. The van der Waals surface area contributed by atoms with Crippen molar-refractivity contribution in [2.45, 2.75) is 40.2 Å². The molecule has 0 spiro atoms. The summed E-state index contributed by atoms with van der Waals surface area (Å²) in [5, 5.41) is 11.4. The molecule has 1 N–H and O–H groups in total. The molecule has 1 unspecified atom stereocenters. The number of hydrogen-bond donors (Lipinski definition) is 1. The Morgan fingerprint density at radius 1 is 0.974 bits per heavy atom. The second kappa shape index (κ2) is 14.4. The molecule has 210 valence electrons. The SMILES string of the molecule is C=CCOc1ccc(C2/C(=C(\O)c3ccc(OCC)cc3)C(=O)C(=O)N2CCCN(CC)CC)cc1OCC. The summed E-state index contributed by atoms with van der Waals surface area (Å²) in [7, 11) is 0. The van der Waals surface area contributed by atoms with Crippen LogP contribution in [0.2, 0.25) is 0 Å². The number of Topliss-reactive ketones (excluding diaryl/α,β-unsaturated/α-hetero) is 1. The van der Waals surface area contributed by atoms with E-state index in [4.69, 9.17) is 14.2 Å². The predicted octanol–water partition coefficient (Wildman–Crippen LogP) is 5.20. The summed E-state index contributed by atoms with van der Waals surface area (Å²) in [6.45, 7) is 15.8. The molecule has 39 heavy (non-hydrogen) atoms. The van der Waals surface area contributed by atoms with E-state index in [1.807, 2.05) is 13.8 Å². The lowest BCUT2D eigenvalue weighted by atomic mass is 9.95. The first-order valence-electron chi connectivity index (χ1n) is 13.6. The van der Waals surface area contributed by atoms with Gasteiger partial charge in [0.1, 0.15) is 18.1 Å². The maximum Gasteiger partial charge on any atom is 0.295 e. The van der Waals surface area contributed by atoms with Gasteiger partial charge in [-0.15, -0.1) is 0 Å². The van der Waals surface area contributed by atoms with E-state index in [1.165, 1.54) is 0 Å². The summed E-state index contributed by atoms with van der Waals surface area (Å²) in [5.74, 6) is 0.116. The first-order chi connectivity index (χ1) is 18.9. The van der Waals surface area contributed by atoms with E-state index in [-0.39, 0.29) is 11.3 Å². The molecule has 3 rings (SSSR count). The van der Waals surface area contributed by atoms with E-state index in [0.29, 0.717) is 61.2 Å². The Labute approximate surface area is 231 Å². The number of carbonyl (C=O) groups is 2. The minimum Gasteiger partial charge on any atom is -0.507 e. The Hall–Kier alpha value is -3.78. The van der Waals surface area contributed by atoms with Crippen LogP contribution in [0.4, 0.5) is 0 Å². The summed E-state index contributed by atoms with van der Waals surface area (Å²) in [5.41, 5.74) is 1.13. The predicted molar refractivity (Wildman–Crippen MR) is 152 cm³/mol.